The molecular weight excluding hydrogens is 361 g/mol. The Balaban J connectivity index is 1.96. The van der Waals surface area contributed by atoms with Crippen molar-refractivity contribution in [2.24, 2.45) is 4.99 Å². The highest BCUT2D eigenvalue weighted by atomic mass is 35.5. The Morgan fingerprint density at radius 1 is 1.17 bits per heavy atom. The van der Waals surface area contributed by atoms with E-state index in [1.165, 1.54) is 11.8 Å². The summed E-state index contributed by atoms with van der Waals surface area (Å²) in [5.74, 6) is -0.392. The lowest BCUT2D eigenvalue weighted by atomic mass is 9.86. The molecule has 5 heteroatoms. The van der Waals surface area contributed by atoms with E-state index < -0.39 is 4.75 Å². The number of amides is 1. The van der Waals surface area contributed by atoms with Crippen LogP contribution in [0.2, 0.25) is 10.0 Å². The number of thioether (sulfide) groups is 1. The summed E-state index contributed by atoms with van der Waals surface area (Å²) in [6.45, 7) is 5.82. The van der Waals surface area contributed by atoms with Gasteiger partial charge in [0, 0.05) is 11.5 Å². The summed E-state index contributed by atoms with van der Waals surface area (Å²) >= 11 is 13.6. The smallest absolute Gasteiger partial charge is 0.264 e. The molecule has 1 aliphatic rings. The number of aliphatic imine (C=N–C) groups is 1. The summed E-state index contributed by atoms with van der Waals surface area (Å²) in [7, 11) is 0. The molecule has 0 saturated carbocycles. The van der Waals surface area contributed by atoms with Gasteiger partial charge < -0.3 is 0 Å². The van der Waals surface area contributed by atoms with E-state index in [1.54, 1.807) is 18.2 Å². The first-order valence-corrected chi connectivity index (χ1v) is 8.98. The van der Waals surface area contributed by atoms with Gasteiger partial charge in [-0.05, 0) is 24.6 Å². The summed E-state index contributed by atoms with van der Waals surface area (Å²) in [5.41, 5.74) is 1.84. The minimum atomic E-state index is -0.760. The van der Waals surface area contributed by atoms with Crippen LogP contribution in [-0.2, 0) is 4.79 Å². The van der Waals surface area contributed by atoms with E-state index in [9.17, 15) is 4.79 Å². The van der Waals surface area contributed by atoms with Crippen molar-refractivity contribution in [1.82, 2.24) is 0 Å². The second-order valence-corrected chi connectivity index (χ2v) is 7.94. The lowest BCUT2D eigenvalue weighted by Gasteiger charge is -2.29. The van der Waals surface area contributed by atoms with Crippen molar-refractivity contribution < 1.29 is 4.79 Å². The van der Waals surface area contributed by atoms with Gasteiger partial charge in [0.25, 0.3) is 5.91 Å². The highest BCUT2D eigenvalue weighted by Gasteiger charge is 2.47. The zero-order valence-electron chi connectivity index (χ0n) is 13.0. The third-order valence-corrected chi connectivity index (χ3v) is 6.20. The first-order chi connectivity index (χ1) is 11.5. The summed E-state index contributed by atoms with van der Waals surface area (Å²) in [4.78, 5) is 17.0. The molecule has 2 aromatic carbocycles. The van der Waals surface area contributed by atoms with Gasteiger partial charge in [0.05, 0.1) is 10.0 Å². The minimum absolute atomic E-state index is 0.165. The Kier molecular flexibility index (Phi) is 4.86. The van der Waals surface area contributed by atoms with E-state index >= 15 is 0 Å². The van der Waals surface area contributed by atoms with E-state index in [0.29, 0.717) is 10.0 Å². The number of carbonyl (C=O) groups is 1. The van der Waals surface area contributed by atoms with E-state index in [1.807, 2.05) is 43.3 Å². The maximum Gasteiger partial charge on any atom is 0.264 e. The van der Waals surface area contributed by atoms with Crippen LogP contribution >= 0.6 is 35.0 Å². The number of allylic oxidation sites excluding steroid dienone is 1. The van der Waals surface area contributed by atoms with Crippen LogP contribution in [0.3, 0.4) is 0 Å². The minimum Gasteiger partial charge on any atom is -0.271 e. The monoisotopic (exact) mass is 375 g/mol. The van der Waals surface area contributed by atoms with E-state index in [-0.39, 0.29) is 11.8 Å². The van der Waals surface area contributed by atoms with Crippen LogP contribution < -0.4 is 0 Å². The van der Waals surface area contributed by atoms with Crippen LogP contribution in [0, 0.1) is 0 Å². The Hall–Kier alpha value is -1.55. The molecule has 0 unspecified atom stereocenters. The molecule has 1 amide bonds. The molecule has 0 spiro atoms. The van der Waals surface area contributed by atoms with Crippen LogP contribution in [0.25, 0.3) is 0 Å². The molecule has 0 aliphatic carbocycles. The van der Waals surface area contributed by atoms with Crippen LogP contribution in [-0.4, -0.2) is 15.7 Å². The standard InChI is InChI=1S/C19H15Cl2NOS/c1-3-14(13-9-10-15(20)16(21)11-13)19(2)18(23)22-17(24-19)12-7-5-4-6-8-12/h3-11,14H,1H2,2H3/t14-,19-/m1/s1. The summed E-state index contributed by atoms with van der Waals surface area (Å²) in [6.07, 6.45) is 1.77. The Labute approximate surface area is 155 Å². The molecule has 0 bridgehead atoms. The zero-order chi connectivity index (χ0) is 17.3. The molecule has 1 aliphatic heterocycles. The average molecular weight is 376 g/mol. The van der Waals surface area contributed by atoms with Crippen molar-refractivity contribution in [2.45, 2.75) is 17.6 Å². The predicted octanol–water partition coefficient (Wildman–Crippen LogP) is 5.74. The van der Waals surface area contributed by atoms with Gasteiger partial charge in [-0.2, -0.15) is 0 Å². The molecule has 0 radical (unpaired) electrons. The van der Waals surface area contributed by atoms with Crippen molar-refractivity contribution in [1.29, 1.82) is 0 Å². The highest BCUT2D eigenvalue weighted by molar-refractivity contribution is 8.16. The Morgan fingerprint density at radius 2 is 1.88 bits per heavy atom. The van der Waals surface area contributed by atoms with Crippen LogP contribution in [0.1, 0.15) is 24.0 Å². The van der Waals surface area contributed by atoms with Gasteiger partial charge in [-0.3, -0.25) is 4.79 Å². The molecule has 2 atom stereocenters. The molecule has 0 N–H and O–H groups in total. The predicted molar refractivity (Wildman–Crippen MR) is 103 cm³/mol. The van der Waals surface area contributed by atoms with Crippen molar-refractivity contribution in [3.63, 3.8) is 0 Å². The summed E-state index contributed by atoms with van der Waals surface area (Å²) < 4.78 is -0.760. The van der Waals surface area contributed by atoms with E-state index in [2.05, 4.69) is 11.6 Å². The molecular formula is C19H15Cl2NOS. The van der Waals surface area contributed by atoms with Gasteiger partial charge in [0.2, 0.25) is 0 Å². The summed E-state index contributed by atoms with van der Waals surface area (Å²) in [6, 6.07) is 15.1. The fraction of sp³-hybridized carbons (Fsp3) is 0.158. The molecule has 24 heavy (non-hydrogen) atoms. The highest BCUT2D eigenvalue weighted by Crippen LogP contribution is 2.47. The number of hydrogen-bond acceptors (Lipinski definition) is 2. The normalized spacial score (nSPS) is 21.5. The van der Waals surface area contributed by atoms with E-state index in [0.717, 1.165) is 16.2 Å². The molecule has 2 nitrogen and oxygen atoms in total. The Morgan fingerprint density at radius 3 is 2.50 bits per heavy atom. The molecule has 3 rings (SSSR count). The first kappa shape index (κ1) is 17.3. The maximum absolute atomic E-state index is 12.7. The van der Waals surface area contributed by atoms with Crippen molar-refractivity contribution in [3.8, 4) is 0 Å². The Bertz CT molecular complexity index is 835. The lowest BCUT2D eigenvalue weighted by Crippen LogP contribution is -2.34. The SMILES string of the molecule is C=C[C@H](c1ccc(Cl)c(Cl)c1)[C@@]1(C)SC(c2ccccc2)=NC1=O. The summed E-state index contributed by atoms with van der Waals surface area (Å²) in [5, 5.41) is 1.68. The fourth-order valence-electron chi connectivity index (χ4n) is 2.76. The largest absolute Gasteiger partial charge is 0.271 e. The topological polar surface area (TPSA) is 29.4 Å². The third-order valence-electron chi connectivity index (χ3n) is 4.09. The van der Waals surface area contributed by atoms with Crippen LogP contribution in [0.15, 0.2) is 66.2 Å². The number of nitrogens with zero attached hydrogens (tertiary/aromatic N) is 1. The molecule has 0 saturated heterocycles. The number of benzene rings is 2. The number of halogens is 2. The van der Waals surface area contributed by atoms with E-state index in [4.69, 9.17) is 23.2 Å². The van der Waals surface area contributed by atoms with Gasteiger partial charge >= 0.3 is 0 Å². The number of hydrogen-bond donors (Lipinski definition) is 0. The lowest BCUT2D eigenvalue weighted by molar-refractivity contribution is -0.119. The van der Waals surface area contributed by atoms with Crippen molar-refractivity contribution >= 4 is 45.9 Å². The van der Waals surface area contributed by atoms with Crippen molar-refractivity contribution in [2.75, 3.05) is 0 Å². The fourth-order valence-corrected chi connectivity index (χ4v) is 4.34. The molecule has 122 valence electrons. The number of rotatable bonds is 4. The van der Waals surface area contributed by atoms with Crippen molar-refractivity contribution in [3.05, 3.63) is 82.4 Å². The average Bonchev–Trinajstić information content (AvgIpc) is 2.88. The van der Waals surface area contributed by atoms with Gasteiger partial charge in [0.15, 0.2) is 0 Å². The second-order valence-electron chi connectivity index (χ2n) is 5.68. The van der Waals surface area contributed by atoms with Gasteiger partial charge in [-0.15, -0.1) is 6.58 Å². The molecule has 0 fully saturated rings. The molecule has 0 aromatic heterocycles. The zero-order valence-corrected chi connectivity index (χ0v) is 15.3. The van der Waals surface area contributed by atoms with Gasteiger partial charge in [0.1, 0.15) is 9.79 Å². The number of carbonyl (C=O) groups excluding carboxylic acids is 1. The van der Waals surface area contributed by atoms with Crippen LogP contribution in [0.5, 0.6) is 0 Å². The maximum atomic E-state index is 12.7. The van der Waals surface area contributed by atoms with Gasteiger partial charge in [-0.1, -0.05) is 77.4 Å². The molecule has 2 aromatic rings. The third kappa shape index (κ3) is 3.04. The molecule has 1 heterocycles. The quantitative estimate of drug-likeness (QED) is 0.637. The van der Waals surface area contributed by atoms with Crippen LogP contribution in [0.4, 0.5) is 0 Å². The first-order valence-electron chi connectivity index (χ1n) is 7.41. The second kappa shape index (κ2) is 6.75. The van der Waals surface area contributed by atoms with Gasteiger partial charge in [-0.25, -0.2) is 4.99 Å².